The van der Waals surface area contributed by atoms with Gasteiger partial charge in [0.15, 0.2) is 0 Å². The van der Waals surface area contributed by atoms with E-state index in [1.807, 2.05) is 0 Å². The summed E-state index contributed by atoms with van der Waals surface area (Å²) in [6.07, 6.45) is 12.2. The van der Waals surface area contributed by atoms with Crippen molar-refractivity contribution in [2.75, 3.05) is 6.61 Å². The summed E-state index contributed by atoms with van der Waals surface area (Å²) in [5, 5.41) is 0. The highest BCUT2D eigenvalue weighted by Crippen LogP contribution is 2.28. The summed E-state index contributed by atoms with van der Waals surface area (Å²) in [5.74, 6) is -0.314. The van der Waals surface area contributed by atoms with Gasteiger partial charge in [-0.1, -0.05) is 64.9 Å². The van der Waals surface area contributed by atoms with Crippen LogP contribution in [0.2, 0.25) is 0 Å². The van der Waals surface area contributed by atoms with Crippen molar-refractivity contribution in [3.8, 4) is 0 Å². The fourth-order valence-electron chi connectivity index (χ4n) is 2.34. The lowest BCUT2D eigenvalue weighted by Gasteiger charge is -2.02. The Balaban J connectivity index is 1.85. The molecule has 0 aromatic rings. The van der Waals surface area contributed by atoms with Crippen molar-refractivity contribution in [3.05, 3.63) is 12.2 Å². The maximum absolute atomic E-state index is 11.2. The minimum atomic E-state index is -0.314. The van der Waals surface area contributed by atoms with Crippen LogP contribution in [-0.4, -0.2) is 24.8 Å². The first-order valence-electron chi connectivity index (χ1n) is 8.13. The molecule has 1 aliphatic heterocycles. The Labute approximate surface area is 123 Å². The molecule has 0 N–H and O–H groups in total. The van der Waals surface area contributed by atoms with Crippen LogP contribution in [0.4, 0.5) is 0 Å². The quantitative estimate of drug-likeness (QED) is 0.230. The Morgan fingerprint density at radius 1 is 1.05 bits per heavy atom. The molecule has 0 radical (unpaired) electrons. The molecule has 1 rings (SSSR count). The molecule has 2 unspecified atom stereocenters. The van der Waals surface area contributed by atoms with Crippen molar-refractivity contribution in [2.24, 2.45) is 0 Å². The first kappa shape index (κ1) is 17.2. The molecule has 1 heterocycles. The number of hydrogen-bond donors (Lipinski definition) is 0. The van der Waals surface area contributed by atoms with Crippen molar-refractivity contribution in [1.29, 1.82) is 0 Å². The van der Waals surface area contributed by atoms with Crippen LogP contribution in [0, 0.1) is 0 Å². The van der Waals surface area contributed by atoms with Crippen molar-refractivity contribution in [3.63, 3.8) is 0 Å². The zero-order valence-electron chi connectivity index (χ0n) is 13.2. The summed E-state index contributed by atoms with van der Waals surface area (Å²) < 4.78 is 10.6. The Kier molecular flexibility index (Phi) is 8.59. The van der Waals surface area contributed by atoms with E-state index in [0.717, 1.165) is 6.42 Å². The second kappa shape index (κ2) is 9.98. The van der Waals surface area contributed by atoms with Crippen LogP contribution >= 0.6 is 0 Å². The second-order valence-electron chi connectivity index (χ2n) is 5.86. The molecule has 1 fully saturated rings. The highest BCUT2D eigenvalue weighted by atomic mass is 16.6. The number of rotatable bonds is 12. The van der Waals surface area contributed by atoms with E-state index in [0.29, 0.717) is 18.3 Å². The van der Waals surface area contributed by atoms with Gasteiger partial charge in [0.2, 0.25) is 0 Å². The third-order valence-electron chi connectivity index (χ3n) is 3.76. The molecule has 0 saturated carbocycles. The van der Waals surface area contributed by atoms with Crippen molar-refractivity contribution >= 4 is 5.97 Å². The summed E-state index contributed by atoms with van der Waals surface area (Å²) >= 11 is 0. The average molecular weight is 282 g/mol. The Morgan fingerprint density at radius 3 is 2.25 bits per heavy atom. The van der Waals surface area contributed by atoms with E-state index in [9.17, 15) is 4.79 Å². The molecule has 1 aliphatic rings. The predicted molar refractivity (Wildman–Crippen MR) is 81.7 cm³/mol. The molecular weight excluding hydrogens is 252 g/mol. The summed E-state index contributed by atoms with van der Waals surface area (Å²) in [6, 6.07) is 0. The summed E-state index contributed by atoms with van der Waals surface area (Å²) in [5.41, 5.74) is 0.449. The monoisotopic (exact) mass is 282 g/mol. The SMILES string of the molecule is C=C(C)C(=O)OCC1OC1CCCCCCCCCC. The number of ether oxygens (including phenoxy) is 2. The van der Waals surface area contributed by atoms with Crippen LogP contribution in [-0.2, 0) is 14.3 Å². The van der Waals surface area contributed by atoms with Crippen LogP contribution in [0.25, 0.3) is 0 Å². The molecule has 20 heavy (non-hydrogen) atoms. The first-order chi connectivity index (χ1) is 9.65. The Bertz CT molecular complexity index is 299. The van der Waals surface area contributed by atoms with Gasteiger partial charge in [0.1, 0.15) is 12.7 Å². The highest BCUT2D eigenvalue weighted by molar-refractivity contribution is 5.86. The maximum atomic E-state index is 11.2. The zero-order valence-corrected chi connectivity index (χ0v) is 13.2. The van der Waals surface area contributed by atoms with Gasteiger partial charge in [0.25, 0.3) is 0 Å². The van der Waals surface area contributed by atoms with E-state index < -0.39 is 0 Å². The number of carbonyl (C=O) groups excluding carboxylic acids is 1. The molecule has 116 valence electrons. The maximum Gasteiger partial charge on any atom is 0.333 e. The minimum Gasteiger partial charge on any atom is -0.459 e. The number of unbranched alkanes of at least 4 members (excludes halogenated alkanes) is 7. The van der Waals surface area contributed by atoms with Gasteiger partial charge < -0.3 is 9.47 Å². The van der Waals surface area contributed by atoms with Crippen LogP contribution in [0.1, 0.15) is 71.6 Å². The lowest BCUT2D eigenvalue weighted by atomic mass is 10.1. The summed E-state index contributed by atoms with van der Waals surface area (Å²) in [4.78, 5) is 11.2. The van der Waals surface area contributed by atoms with Gasteiger partial charge in [0, 0.05) is 5.57 Å². The van der Waals surface area contributed by atoms with Gasteiger partial charge in [-0.15, -0.1) is 0 Å². The molecule has 3 heteroatoms. The van der Waals surface area contributed by atoms with E-state index in [-0.39, 0.29) is 12.1 Å². The lowest BCUT2D eigenvalue weighted by molar-refractivity contribution is -0.139. The summed E-state index contributed by atoms with van der Waals surface area (Å²) in [7, 11) is 0. The minimum absolute atomic E-state index is 0.128. The zero-order chi connectivity index (χ0) is 14.8. The largest absolute Gasteiger partial charge is 0.459 e. The van der Waals surface area contributed by atoms with Gasteiger partial charge in [-0.25, -0.2) is 4.79 Å². The van der Waals surface area contributed by atoms with E-state index in [4.69, 9.17) is 9.47 Å². The van der Waals surface area contributed by atoms with E-state index in [1.54, 1.807) is 6.92 Å². The van der Waals surface area contributed by atoms with Gasteiger partial charge in [-0.2, -0.15) is 0 Å². The van der Waals surface area contributed by atoms with Crippen LogP contribution in [0.5, 0.6) is 0 Å². The number of hydrogen-bond acceptors (Lipinski definition) is 3. The predicted octanol–water partition coefficient (Wildman–Crippen LogP) is 4.40. The highest BCUT2D eigenvalue weighted by Gasteiger charge is 2.38. The standard InChI is InChI=1S/C17H30O3/c1-4-5-6-7-8-9-10-11-12-15-16(20-15)13-19-17(18)14(2)3/h15-16H,2,4-13H2,1,3H3. The van der Waals surface area contributed by atoms with E-state index in [1.165, 1.54) is 51.4 Å². The molecule has 0 amide bonds. The number of carbonyl (C=O) groups is 1. The Morgan fingerprint density at radius 2 is 1.65 bits per heavy atom. The van der Waals surface area contributed by atoms with Gasteiger partial charge in [0.05, 0.1) is 6.10 Å². The smallest absolute Gasteiger partial charge is 0.333 e. The van der Waals surface area contributed by atoms with Crippen molar-refractivity contribution < 1.29 is 14.3 Å². The molecular formula is C17H30O3. The van der Waals surface area contributed by atoms with Crippen LogP contribution in [0.15, 0.2) is 12.2 Å². The van der Waals surface area contributed by atoms with Gasteiger partial charge in [-0.3, -0.25) is 0 Å². The molecule has 0 spiro atoms. The molecule has 0 bridgehead atoms. The van der Waals surface area contributed by atoms with E-state index in [2.05, 4.69) is 13.5 Å². The topological polar surface area (TPSA) is 38.8 Å². The first-order valence-corrected chi connectivity index (χ1v) is 8.13. The third-order valence-corrected chi connectivity index (χ3v) is 3.76. The fraction of sp³-hybridized carbons (Fsp3) is 0.824. The van der Waals surface area contributed by atoms with E-state index >= 15 is 0 Å². The molecule has 0 aromatic carbocycles. The van der Waals surface area contributed by atoms with Crippen molar-refractivity contribution in [2.45, 2.75) is 83.8 Å². The van der Waals surface area contributed by atoms with Gasteiger partial charge >= 0.3 is 5.97 Å². The molecule has 0 aromatic heterocycles. The molecule has 3 nitrogen and oxygen atoms in total. The van der Waals surface area contributed by atoms with Crippen LogP contribution in [0.3, 0.4) is 0 Å². The van der Waals surface area contributed by atoms with Crippen molar-refractivity contribution in [1.82, 2.24) is 0 Å². The second-order valence-corrected chi connectivity index (χ2v) is 5.86. The summed E-state index contributed by atoms with van der Waals surface area (Å²) in [6.45, 7) is 7.85. The fourth-order valence-corrected chi connectivity index (χ4v) is 2.34. The third kappa shape index (κ3) is 7.68. The average Bonchev–Trinajstić information content (AvgIpc) is 3.17. The normalized spacial score (nSPS) is 20.7. The number of esters is 1. The lowest BCUT2D eigenvalue weighted by Crippen LogP contribution is -2.11. The molecule has 1 saturated heterocycles. The number of epoxide rings is 1. The Hall–Kier alpha value is -0.830. The molecule has 0 aliphatic carbocycles. The molecule has 2 atom stereocenters. The van der Waals surface area contributed by atoms with Gasteiger partial charge in [-0.05, 0) is 13.3 Å². The van der Waals surface area contributed by atoms with Crippen LogP contribution < -0.4 is 0 Å².